The number of hydrogen-bond acceptors (Lipinski definition) is 4. The monoisotopic (exact) mass is 495 g/mol. The van der Waals surface area contributed by atoms with Gasteiger partial charge in [0, 0.05) is 32.1 Å². The number of halogens is 2. The van der Waals surface area contributed by atoms with E-state index in [4.69, 9.17) is 23.2 Å². The Labute approximate surface area is 204 Å². The summed E-state index contributed by atoms with van der Waals surface area (Å²) < 4.78 is 0. The van der Waals surface area contributed by atoms with Gasteiger partial charge in [-0.25, -0.2) is 4.79 Å². The number of aliphatic carboxylic acids is 1. The van der Waals surface area contributed by atoms with Crippen LogP contribution in [0.2, 0.25) is 10.0 Å². The molecule has 7 nitrogen and oxygen atoms in total. The predicted molar refractivity (Wildman–Crippen MR) is 129 cm³/mol. The van der Waals surface area contributed by atoms with Crippen LogP contribution in [0.15, 0.2) is 24.3 Å². The molecule has 0 aromatic heterocycles. The molecule has 1 aromatic rings. The highest BCUT2D eigenvalue weighted by Gasteiger charge is 2.32. The second-order valence-corrected chi connectivity index (χ2v) is 9.38. The molecule has 2 fully saturated rings. The quantitative estimate of drug-likeness (QED) is 0.554. The number of likely N-dealkylation sites (tertiary alicyclic amines) is 1. The molecule has 0 radical (unpaired) electrons. The molecule has 0 bridgehead atoms. The Bertz CT molecular complexity index is 886. The highest BCUT2D eigenvalue weighted by molar-refractivity contribution is 6.42. The van der Waals surface area contributed by atoms with Gasteiger partial charge in [-0.05, 0) is 69.1 Å². The molecule has 3 rings (SSSR count). The Morgan fingerprint density at radius 2 is 1.79 bits per heavy atom. The van der Waals surface area contributed by atoms with Crippen molar-refractivity contribution in [2.24, 2.45) is 0 Å². The molecule has 0 aliphatic carbocycles. The third kappa shape index (κ3) is 7.45. The average molecular weight is 496 g/mol. The van der Waals surface area contributed by atoms with Gasteiger partial charge >= 0.3 is 5.97 Å². The minimum absolute atomic E-state index is 0.113. The Morgan fingerprint density at radius 1 is 1.03 bits per heavy atom. The van der Waals surface area contributed by atoms with Gasteiger partial charge in [0.15, 0.2) is 0 Å². The Balaban J connectivity index is 1.56. The summed E-state index contributed by atoms with van der Waals surface area (Å²) in [6.07, 6.45) is 7.99. The van der Waals surface area contributed by atoms with E-state index in [1.54, 1.807) is 29.2 Å². The number of nitrogens with zero attached hydrogens (tertiary/aromatic N) is 3. The second kappa shape index (κ2) is 12.4. The molecule has 1 aromatic carbocycles. The average Bonchev–Trinajstić information content (AvgIpc) is 2.99. The maximum absolute atomic E-state index is 12.7. The van der Waals surface area contributed by atoms with E-state index < -0.39 is 12.0 Å². The van der Waals surface area contributed by atoms with E-state index in [2.05, 4.69) is 4.90 Å². The predicted octanol–water partition coefficient (Wildman–Crippen LogP) is 3.79. The fourth-order valence-electron chi connectivity index (χ4n) is 4.38. The van der Waals surface area contributed by atoms with Crippen molar-refractivity contribution in [1.29, 1.82) is 0 Å². The molecule has 180 valence electrons. The number of amides is 2. The summed E-state index contributed by atoms with van der Waals surface area (Å²) in [5.74, 6) is -1.43. The van der Waals surface area contributed by atoms with Crippen LogP contribution in [0.25, 0.3) is 6.08 Å². The summed E-state index contributed by atoms with van der Waals surface area (Å²) in [6.45, 7) is 3.76. The first-order valence-electron chi connectivity index (χ1n) is 11.5. The summed E-state index contributed by atoms with van der Waals surface area (Å²) >= 11 is 11.9. The molecular formula is C24H31Cl2N3O4. The van der Waals surface area contributed by atoms with E-state index in [0.717, 1.165) is 31.6 Å². The number of rotatable bonds is 8. The Hall–Kier alpha value is -2.09. The summed E-state index contributed by atoms with van der Waals surface area (Å²) in [7, 11) is 0. The zero-order valence-corrected chi connectivity index (χ0v) is 20.2. The molecule has 2 aliphatic heterocycles. The normalized spacial score (nSPS) is 19.0. The lowest BCUT2D eigenvalue weighted by Gasteiger charge is -2.30. The van der Waals surface area contributed by atoms with Gasteiger partial charge in [0.2, 0.25) is 11.8 Å². The molecule has 1 N–H and O–H groups in total. The van der Waals surface area contributed by atoms with Crippen molar-refractivity contribution >= 4 is 47.1 Å². The second-order valence-electron chi connectivity index (χ2n) is 8.57. The summed E-state index contributed by atoms with van der Waals surface area (Å²) in [5.41, 5.74) is 0.741. The lowest BCUT2D eigenvalue weighted by atomic mass is 10.1. The van der Waals surface area contributed by atoms with Crippen LogP contribution in [-0.2, 0) is 14.4 Å². The van der Waals surface area contributed by atoms with E-state index >= 15 is 0 Å². The zero-order chi connectivity index (χ0) is 23.8. The SMILES string of the molecule is O=C(O)C(CCCN1CCCCC1)N1CCN(C(=O)/C=C/c2ccc(Cl)c(Cl)c2)CCC1=O. The van der Waals surface area contributed by atoms with E-state index in [9.17, 15) is 19.5 Å². The largest absolute Gasteiger partial charge is 0.480 e. The number of carbonyl (C=O) groups excluding carboxylic acids is 2. The van der Waals surface area contributed by atoms with Crippen LogP contribution in [0.1, 0.15) is 44.1 Å². The van der Waals surface area contributed by atoms with E-state index in [-0.39, 0.29) is 31.3 Å². The van der Waals surface area contributed by atoms with Crippen molar-refractivity contribution in [1.82, 2.24) is 14.7 Å². The topological polar surface area (TPSA) is 81.2 Å². The van der Waals surface area contributed by atoms with Gasteiger partial charge in [0.05, 0.1) is 10.0 Å². The number of benzene rings is 1. The minimum atomic E-state index is -0.985. The lowest BCUT2D eigenvalue weighted by molar-refractivity contribution is -0.150. The van der Waals surface area contributed by atoms with Crippen molar-refractivity contribution in [3.63, 3.8) is 0 Å². The first-order valence-corrected chi connectivity index (χ1v) is 12.3. The number of hydrogen-bond donors (Lipinski definition) is 1. The number of carbonyl (C=O) groups is 3. The standard InChI is InChI=1S/C24H31Cl2N3O4/c25-19-8-6-18(17-20(19)26)7-9-22(30)28-14-10-23(31)29(16-15-28)21(24(32)33)5-4-13-27-11-2-1-3-12-27/h6-9,17,21H,1-5,10-16H2,(H,32,33)/b9-7+. The Morgan fingerprint density at radius 3 is 2.48 bits per heavy atom. The van der Waals surface area contributed by atoms with Crippen molar-refractivity contribution < 1.29 is 19.5 Å². The maximum atomic E-state index is 12.7. The van der Waals surface area contributed by atoms with Gasteiger partial charge in [-0.15, -0.1) is 0 Å². The van der Waals surface area contributed by atoms with Gasteiger partial charge in [-0.3, -0.25) is 9.59 Å². The molecule has 0 saturated carbocycles. The molecule has 2 amide bonds. The zero-order valence-electron chi connectivity index (χ0n) is 18.7. The third-order valence-corrected chi connectivity index (χ3v) is 7.00. The van der Waals surface area contributed by atoms with Crippen LogP contribution in [0.4, 0.5) is 0 Å². The fourth-order valence-corrected chi connectivity index (χ4v) is 4.69. The summed E-state index contributed by atoms with van der Waals surface area (Å²) in [4.78, 5) is 42.7. The molecule has 0 spiro atoms. The van der Waals surface area contributed by atoms with E-state index in [1.165, 1.54) is 30.2 Å². The van der Waals surface area contributed by atoms with Gasteiger partial charge in [0.25, 0.3) is 0 Å². The summed E-state index contributed by atoms with van der Waals surface area (Å²) in [6, 6.07) is 4.23. The fraction of sp³-hybridized carbons (Fsp3) is 0.542. The number of carboxylic acids is 1. The van der Waals surface area contributed by atoms with Crippen molar-refractivity contribution in [2.45, 2.75) is 44.6 Å². The van der Waals surface area contributed by atoms with Crippen LogP contribution in [0, 0.1) is 0 Å². The highest BCUT2D eigenvalue weighted by atomic mass is 35.5. The first-order chi connectivity index (χ1) is 15.8. The number of piperidine rings is 1. The van der Waals surface area contributed by atoms with Crippen LogP contribution in [0.3, 0.4) is 0 Å². The van der Waals surface area contributed by atoms with Crippen LogP contribution in [-0.4, -0.2) is 82.9 Å². The molecule has 1 unspecified atom stereocenters. The van der Waals surface area contributed by atoms with Gasteiger partial charge in [-0.1, -0.05) is 35.7 Å². The Kier molecular flexibility index (Phi) is 9.59. The molecule has 2 heterocycles. The summed E-state index contributed by atoms with van der Waals surface area (Å²) in [5, 5.41) is 10.6. The lowest BCUT2D eigenvalue weighted by Crippen LogP contribution is -2.46. The number of carboxylic acid groups (broad SMARTS) is 1. The molecule has 1 atom stereocenters. The first kappa shape index (κ1) is 25.5. The third-order valence-electron chi connectivity index (χ3n) is 6.26. The van der Waals surface area contributed by atoms with Crippen molar-refractivity contribution in [2.75, 3.05) is 39.3 Å². The molecule has 9 heteroatoms. The van der Waals surface area contributed by atoms with Gasteiger partial charge in [-0.2, -0.15) is 0 Å². The molecule has 33 heavy (non-hydrogen) atoms. The van der Waals surface area contributed by atoms with E-state index in [0.29, 0.717) is 23.0 Å². The van der Waals surface area contributed by atoms with Crippen LogP contribution >= 0.6 is 23.2 Å². The molecule has 2 saturated heterocycles. The van der Waals surface area contributed by atoms with Gasteiger partial charge < -0.3 is 19.8 Å². The van der Waals surface area contributed by atoms with Crippen molar-refractivity contribution in [3.05, 3.63) is 39.9 Å². The smallest absolute Gasteiger partial charge is 0.326 e. The van der Waals surface area contributed by atoms with E-state index in [1.807, 2.05) is 0 Å². The highest BCUT2D eigenvalue weighted by Crippen LogP contribution is 2.23. The van der Waals surface area contributed by atoms with Crippen molar-refractivity contribution in [3.8, 4) is 0 Å². The van der Waals surface area contributed by atoms with Crippen LogP contribution < -0.4 is 0 Å². The minimum Gasteiger partial charge on any atom is -0.480 e. The maximum Gasteiger partial charge on any atom is 0.326 e. The van der Waals surface area contributed by atoms with Gasteiger partial charge in [0.1, 0.15) is 6.04 Å². The van der Waals surface area contributed by atoms with Crippen LogP contribution in [0.5, 0.6) is 0 Å². The molecular weight excluding hydrogens is 465 g/mol. The molecule has 2 aliphatic rings.